The number of rotatable bonds is 4. The Hall–Kier alpha value is -2.24. The number of hydrogen-bond acceptors (Lipinski definition) is 5. The van der Waals surface area contributed by atoms with Crippen molar-refractivity contribution in [2.75, 3.05) is 33.9 Å². The molecule has 5 nitrogen and oxygen atoms in total. The highest BCUT2D eigenvalue weighted by Crippen LogP contribution is 2.39. The molecule has 5 heteroatoms. The number of likely N-dealkylation sites (tertiary alicyclic amines) is 1. The Kier molecular flexibility index (Phi) is 4.74. The molecule has 0 unspecified atom stereocenters. The summed E-state index contributed by atoms with van der Waals surface area (Å²) in [7, 11) is 3.26. The molecule has 1 fully saturated rings. The maximum absolute atomic E-state index is 10.8. The molecule has 0 aliphatic carbocycles. The Morgan fingerprint density at radius 1 is 0.962 bits per heavy atom. The zero-order valence-corrected chi connectivity index (χ0v) is 15.3. The summed E-state index contributed by atoms with van der Waals surface area (Å²) in [5, 5.41) is 10.8. The summed E-state index contributed by atoms with van der Waals surface area (Å²) < 4.78 is 16.7. The van der Waals surface area contributed by atoms with E-state index >= 15 is 0 Å². The minimum atomic E-state index is -0.503. The summed E-state index contributed by atoms with van der Waals surface area (Å²) in [6.07, 6.45) is 1.90. The molecule has 2 heterocycles. The summed E-state index contributed by atoms with van der Waals surface area (Å²) in [5.74, 6) is 2.16. The van der Waals surface area contributed by atoms with Crippen LogP contribution < -0.4 is 14.2 Å². The van der Waals surface area contributed by atoms with Gasteiger partial charge in [-0.05, 0) is 55.3 Å². The van der Waals surface area contributed by atoms with Gasteiger partial charge in [0.05, 0.1) is 20.3 Å². The van der Waals surface area contributed by atoms with Gasteiger partial charge in [0.2, 0.25) is 0 Å². The number of hydrogen-bond donors (Lipinski definition) is 1. The monoisotopic (exact) mass is 355 g/mol. The van der Waals surface area contributed by atoms with Gasteiger partial charge in [0.1, 0.15) is 18.5 Å². The van der Waals surface area contributed by atoms with Gasteiger partial charge in [-0.1, -0.05) is 18.2 Å². The summed E-state index contributed by atoms with van der Waals surface area (Å²) in [6, 6.07) is 11.9. The molecule has 0 bridgehead atoms. The Balaban J connectivity index is 1.62. The van der Waals surface area contributed by atoms with Crippen LogP contribution in [0.15, 0.2) is 36.4 Å². The molecule has 2 aromatic carbocycles. The summed E-state index contributed by atoms with van der Waals surface area (Å²) in [5.41, 5.74) is 2.92. The first-order chi connectivity index (χ1) is 12.7. The molecule has 4 rings (SSSR count). The molecule has 0 aromatic heterocycles. The van der Waals surface area contributed by atoms with Crippen molar-refractivity contribution in [1.82, 2.24) is 4.90 Å². The molecule has 2 aromatic rings. The van der Waals surface area contributed by atoms with Crippen LogP contribution in [0.1, 0.15) is 24.5 Å². The van der Waals surface area contributed by atoms with E-state index in [1.165, 1.54) is 12.8 Å². The van der Waals surface area contributed by atoms with Crippen LogP contribution in [-0.2, 0) is 0 Å². The standard InChI is InChI=1S/C21H25NO4/c1-24-18-8-6-15(12-20(18)25-2)14-5-7-16-19(11-14)26-13-17(21(16)23)22-9-3-4-10-22/h5-8,11-12,17,21,23H,3-4,9-10,13H2,1-2H3/t17-,21-/m1/s1. The first-order valence-electron chi connectivity index (χ1n) is 9.12. The van der Waals surface area contributed by atoms with Crippen molar-refractivity contribution < 1.29 is 19.3 Å². The largest absolute Gasteiger partial charge is 0.493 e. The summed E-state index contributed by atoms with van der Waals surface area (Å²) >= 11 is 0. The number of ether oxygens (including phenoxy) is 3. The Morgan fingerprint density at radius 2 is 1.65 bits per heavy atom. The van der Waals surface area contributed by atoms with Crippen LogP contribution >= 0.6 is 0 Å². The molecule has 0 spiro atoms. The van der Waals surface area contributed by atoms with Gasteiger partial charge < -0.3 is 19.3 Å². The molecular formula is C21H25NO4. The van der Waals surface area contributed by atoms with Crippen LogP contribution in [0, 0.1) is 0 Å². The van der Waals surface area contributed by atoms with Gasteiger partial charge in [0.15, 0.2) is 11.5 Å². The van der Waals surface area contributed by atoms with Gasteiger partial charge in [-0.15, -0.1) is 0 Å². The lowest BCUT2D eigenvalue weighted by Gasteiger charge is -2.36. The van der Waals surface area contributed by atoms with Crippen molar-refractivity contribution >= 4 is 0 Å². The van der Waals surface area contributed by atoms with Gasteiger partial charge in [-0.2, -0.15) is 0 Å². The highest BCUT2D eigenvalue weighted by molar-refractivity contribution is 5.69. The Morgan fingerprint density at radius 3 is 2.38 bits per heavy atom. The van der Waals surface area contributed by atoms with Crippen LogP contribution in [0.2, 0.25) is 0 Å². The Bertz CT molecular complexity index is 786. The smallest absolute Gasteiger partial charge is 0.161 e. The predicted molar refractivity (Wildman–Crippen MR) is 100 cm³/mol. The summed E-state index contributed by atoms with van der Waals surface area (Å²) in [6.45, 7) is 2.62. The number of aliphatic hydroxyl groups is 1. The molecule has 1 saturated heterocycles. The molecule has 138 valence electrons. The van der Waals surface area contributed by atoms with E-state index in [0.29, 0.717) is 18.1 Å². The molecule has 2 atom stereocenters. The quantitative estimate of drug-likeness (QED) is 0.912. The fraction of sp³-hybridized carbons (Fsp3) is 0.429. The fourth-order valence-electron chi connectivity index (χ4n) is 3.95. The van der Waals surface area contributed by atoms with Crippen molar-refractivity contribution in [3.8, 4) is 28.4 Å². The first kappa shape index (κ1) is 17.2. The van der Waals surface area contributed by atoms with Crippen molar-refractivity contribution in [2.45, 2.75) is 25.0 Å². The van der Waals surface area contributed by atoms with E-state index in [9.17, 15) is 5.11 Å². The molecule has 0 radical (unpaired) electrons. The maximum atomic E-state index is 10.8. The normalized spacial score (nSPS) is 22.6. The van der Waals surface area contributed by atoms with Crippen molar-refractivity contribution in [3.63, 3.8) is 0 Å². The van der Waals surface area contributed by atoms with E-state index in [4.69, 9.17) is 14.2 Å². The van der Waals surface area contributed by atoms with E-state index in [2.05, 4.69) is 4.90 Å². The van der Waals surface area contributed by atoms with Gasteiger partial charge in [0, 0.05) is 5.56 Å². The predicted octanol–water partition coefficient (Wildman–Crippen LogP) is 3.26. The minimum Gasteiger partial charge on any atom is -0.493 e. The van der Waals surface area contributed by atoms with Crippen molar-refractivity contribution in [2.24, 2.45) is 0 Å². The van der Waals surface area contributed by atoms with E-state index in [1.54, 1.807) is 14.2 Å². The zero-order valence-electron chi connectivity index (χ0n) is 15.3. The average Bonchev–Trinajstić information content (AvgIpc) is 3.22. The maximum Gasteiger partial charge on any atom is 0.161 e. The molecule has 2 aliphatic heterocycles. The molecule has 26 heavy (non-hydrogen) atoms. The van der Waals surface area contributed by atoms with Crippen molar-refractivity contribution in [3.05, 3.63) is 42.0 Å². The number of aliphatic hydroxyl groups excluding tert-OH is 1. The number of methoxy groups -OCH3 is 2. The Labute approximate surface area is 154 Å². The van der Waals surface area contributed by atoms with E-state index in [0.717, 1.165) is 35.5 Å². The molecule has 2 aliphatic rings. The second-order valence-electron chi connectivity index (χ2n) is 6.89. The molecule has 0 amide bonds. The molecular weight excluding hydrogens is 330 g/mol. The topological polar surface area (TPSA) is 51.2 Å². The van der Waals surface area contributed by atoms with Crippen LogP contribution in [0.4, 0.5) is 0 Å². The van der Waals surface area contributed by atoms with Gasteiger partial charge in [-0.3, -0.25) is 4.90 Å². The van der Waals surface area contributed by atoms with Crippen molar-refractivity contribution in [1.29, 1.82) is 0 Å². The molecule has 1 N–H and O–H groups in total. The third-order valence-corrected chi connectivity index (χ3v) is 5.43. The van der Waals surface area contributed by atoms with Crippen LogP contribution in [0.5, 0.6) is 17.2 Å². The fourth-order valence-corrected chi connectivity index (χ4v) is 3.95. The van der Waals surface area contributed by atoms with E-state index in [-0.39, 0.29) is 6.04 Å². The third kappa shape index (κ3) is 3.02. The second kappa shape index (κ2) is 7.17. The van der Waals surface area contributed by atoms with Gasteiger partial charge in [-0.25, -0.2) is 0 Å². The second-order valence-corrected chi connectivity index (χ2v) is 6.89. The minimum absolute atomic E-state index is 0.0527. The highest BCUT2D eigenvalue weighted by Gasteiger charge is 2.34. The van der Waals surface area contributed by atoms with Gasteiger partial charge in [0.25, 0.3) is 0 Å². The SMILES string of the molecule is COc1ccc(-c2ccc3c(c2)OC[C@@H](N2CCCC2)[C@@H]3O)cc1OC. The van der Waals surface area contributed by atoms with Crippen LogP contribution in [0.25, 0.3) is 11.1 Å². The van der Waals surface area contributed by atoms with E-state index < -0.39 is 6.10 Å². The van der Waals surface area contributed by atoms with Gasteiger partial charge >= 0.3 is 0 Å². The molecule has 0 saturated carbocycles. The zero-order chi connectivity index (χ0) is 18.1. The lowest BCUT2D eigenvalue weighted by molar-refractivity contribution is 0.0140. The number of nitrogens with zero attached hydrogens (tertiary/aromatic N) is 1. The number of benzene rings is 2. The first-order valence-corrected chi connectivity index (χ1v) is 9.12. The van der Waals surface area contributed by atoms with Crippen LogP contribution in [-0.4, -0.2) is 50.0 Å². The highest BCUT2D eigenvalue weighted by atomic mass is 16.5. The summed E-state index contributed by atoms with van der Waals surface area (Å²) in [4.78, 5) is 2.34. The average molecular weight is 355 g/mol. The van der Waals surface area contributed by atoms with Crippen LogP contribution in [0.3, 0.4) is 0 Å². The number of fused-ring (bicyclic) bond motifs is 1. The van der Waals surface area contributed by atoms with E-state index in [1.807, 2.05) is 36.4 Å². The lowest BCUT2D eigenvalue weighted by atomic mass is 9.95. The lowest BCUT2D eigenvalue weighted by Crippen LogP contribution is -2.44. The third-order valence-electron chi connectivity index (χ3n) is 5.43.